The van der Waals surface area contributed by atoms with Gasteiger partial charge in [-0.1, -0.05) is 0 Å². The summed E-state index contributed by atoms with van der Waals surface area (Å²) in [4.78, 5) is 71.9. The van der Waals surface area contributed by atoms with Gasteiger partial charge in [-0.05, 0) is 27.7 Å². The van der Waals surface area contributed by atoms with Crippen molar-refractivity contribution in [3.63, 3.8) is 0 Å². The van der Waals surface area contributed by atoms with E-state index in [9.17, 15) is 28.8 Å². The number of carbonyl (C=O) groups is 6. The standard InChI is InChI=1S/C17H25N5O6/c1-8(14(25)18-5)19-15(26)9(2)20-16(27)10(3)21-17(28)11(4)22-12(23)6-7-13(22)24/h6-11H,1-5H3,(H,18,25)(H,19,26)(H,20,27)(H,21,28). The Morgan fingerprint density at radius 3 is 1.46 bits per heavy atom. The fourth-order valence-electron chi connectivity index (χ4n) is 2.33. The average molecular weight is 395 g/mol. The predicted molar refractivity (Wildman–Crippen MR) is 97.3 cm³/mol. The lowest BCUT2D eigenvalue weighted by Gasteiger charge is -2.24. The van der Waals surface area contributed by atoms with E-state index in [1.54, 1.807) is 0 Å². The third kappa shape index (κ3) is 5.63. The van der Waals surface area contributed by atoms with E-state index in [0.29, 0.717) is 0 Å². The molecule has 0 fully saturated rings. The van der Waals surface area contributed by atoms with Crippen molar-refractivity contribution in [3.05, 3.63) is 12.2 Å². The first-order valence-corrected chi connectivity index (χ1v) is 8.67. The molecule has 0 aromatic heterocycles. The molecular formula is C17H25N5O6. The van der Waals surface area contributed by atoms with Crippen LogP contribution in [0.2, 0.25) is 0 Å². The molecule has 0 spiro atoms. The number of rotatable bonds is 8. The van der Waals surface area contributed by atoms with E-state index in [2.05, 4.69) is 21.3 Å². The first-order valence-electron chi connectivity index (χ1n) is 8.67. The smallest absolute Gasteiger partial charge is 0.254 e. The van der Waals surface area contributed by atoms with Crippen LogP contribution in [0, 0.1) is 0 Å². The molecule has 4 N–H and O–H groups in total. The molecule has 0 aromatic carbocycles. The molecule has 154 valence electrons. The van der Waals surface area contributed by atoms with Crippen LogP contribution in [0.5, 0.6) is 0 Å². The van der Waals surface area contributed by atoms with Crippen LogP contribution in [0.4, 0.5) is 0 Å². The molecule has 11 nitrogen and oxygen atoms in total. The molecule has 0 saturated carbocycles. The molecule has 11 heteroatoms. The molecule has 4 unspecified atom stereocenters. The van der Waals surface area contributed by atoms with Crippen molar-refractivity contribution in [2.45, 2.75) is 51.9 Å². The summed E-state index contributed by atoms with van der Waals surface area (Å²) in [5.74, 6) is -3.52. The van der Waals surface area contributed by atoms with Crippen molar-refractivity contribution in [2.75, 3.05) is 7.05 Å². The van der Waals surface area contributed by atoms with E-state index >= 15 is 0 Å². The van der Waals surface area contributed by atoms with Crippen molar-refractivity contribution >= 4 is 35.4 Å². The van der Waals surface area contributed by atoms with Crippen molar-refractivity contribution in [3.8, 4) is 0 Å². The molecule has 1 rings (SSSR count). The maximum Gasteiger partial charge on any atom is 0.254 e. The minimum absolute atomic E-state index is 0.387. The van der Waals surface area contributed by atoms with Gasteiger partial charge in [-0.3, -0.25) is 33.7 Å². The number of hydrogen-bond donors (Lipinski definition) is 4. The summed E-state index contributed by atoms with van der Waals surface area (Å²) >= 11 is 0. The summed E-state index contributed by atoms with van der Waals surface area (Å²) in [5, 5.41) is 9.63. The number of carbonyl (C=O) groups excluding carboxylic acids is 6. The third-order valence-corrected chi connectivity index (χ3v) is 4.11. The molecule has 0 bridgehead atoms. The van der Waals surface area contributed by atoms with Gasteiger partial charge in [-0.15, -0.1) is 0 Å². The number of nitrogens with one attached hydrogen (secondary N) is 4. The van der Waals surface area contributed by atoms with Gasteiger partial charge in [0.15, 0.2) is 0 Å². The normalized spacial score (nSPS) is 17.4. The van der Waals surface area contributed by atoms with E-state index in [-0.39, 0.29) is 5.91 Å². The Hall–Kier alpha value is -3.24. The fourth-order valence-corrected chi connectivity index (χ4v) is 2.33. The van der Waals surface area contributed by atoms with Crippen LogP contribution < -0.4 is 21.3 Å². The molecule has 28 heavy (non-hydrogen) atoms. The topological polar surface area (TPSA) is 154 Å². The van der Waals surface area contributed by atoms with E-state index in [1.165, 1.54) is 34.7 Å². The number of likely N-dealkylation sites (N-methyl/N-ethyl adjacent to an activating group) is 1. The highest BCUT2D eigenvalue weighted by Crippen LogP contribution is 2.09. The lowest BCUT2D eigenvalue weighted by molar-refractivity contribution is -0.145. The monoisotopic (exact) mass is 395 g/mol. The zero-order valence-electron chi connectivity index (χ0n) is 16.4. The van der Waals surface area contributed by atoms with Gasteiger partial charge in [-0.2, -0.15) is 0 Å². The maximum atomic E-state index is 12.2. The Labute approximate surface area is 162 Å². The summed E-state index contributed by atoms with van der Waals surface area (Å²) in [7, 11) is 1.43. The Morgan fingerprint density at radius 1 is 0.714 bits per heavy atom. The SMILES string of the molecule is CNC(=O)C(C)NC(=O)C(C)NC(=O)C(C)NC(=O)C(C)N1C(=O)C=CC1=O. The Morgan fingerprint density at radius 2 is 1.07 bits per heavy atom. The van der Waals surface area contributed by atoms with Crippen LogP contribution >= 0.6 is 0 Å². The molecule has 1 aliphatic heterocycles. The van der Waals surface area contributed by atoms with Crippen LogP contribution in [0.15, 0.2) is 12.2 Å². The van der Waals surface area contributed by atoms with Gasteiger partial charge in [0.2, 0.25) is 23.6 Å². The van der Waals surface area contributed by atoms with Gasteiger partial charge in [-0.25, -0.2) is 0 Å². The van der Waals surface area contributed by atoms with E-state index < -0.39 is 53.7 Å². The second-order valence-electron chi connectivity index (χ2n) is 6.36. The molecule has 0 aliphatic carbocycles. The van der Waals surface area contributed by atoms with Crippen LogP contribution in [0.1, 0.15) is 27.7 Å². The lowest BCUT2D eigenvalue weighted by Crippen LogP contribution is -2.56. The molecule has 6 amide bonds. The van der Waals surface area contributed by atoms with Gasteiger partial charge >= 0.3 is 0 Å². The molecule has 1 heterocycles. The number of hydrogen-bond acceptors (Lipinski definition) is 6. The molecule has 0 saturated heterocycles. The minimum Gasteiger partial charge on any atom is -0.357 e. The van der Waals surface area contributed by atoms with Gasteiger partial charge in [0.25, 0.3) is 11.8 Å². The first kappa shape index (κ1) is 22.8. The number of nitrogens with zero attached hydrogens (tertiary/aromatic N) is 1. The summed E-state index contributed by atoms with van der Waals surface area (Å²) in [6.07, 6.45) is 2.12. The highest BCUT2D eigenvalue weighted by atomic mass is 16.2. The predicted octanol–water partition coefficient (Wildman–Crippen LogP) is -2.44. The molecule has 1 aliphatic rings. The summed E-state index contributed by atoms with van der Waals surface area (Å²) in [5.41, 5.74) is 0. The summed E-state index contributed by atoms with van der Waals surface area (Å²) < 4.78 is 0. The van der Waals surface area contributed by atoms with Crippen molar-refractivity contribution < 1.29 is 28.8 Å². The van der Waals surface area contributed by atoms with E-state index in [1.807, 2.05) is 0 Å². The zero-order chi connectivity index (χ0) is 21.6. The van der Waals surface area contributed by atoms with Gasteiger partial charge in [0.05, 0.1) is 0 Å². The minimum atomic E-state index is -1.10. The van der Waals surface area contributed by atoms with E-state index in [4.69, 9.17) is 0 Å². The second-order valence-corrected chi connectivity index (χ2v) is 6.36. The molecule has 4 atom stereocenters. The van der Waals surface area contributed by atoms with Crippen molar-refractivity contribution in [2.24, 2.45) is 0 Å². The van der Waals surface area contributed by atoms with Crippen LogP contribution in [-0.4, -0.2) is 71.6 Å². The van der Waals surface area contributed by atoms with Crippen molar-refractivity contribution in [1.82, 2.24) is 26.2 Å². The molecular weight excluding hydrogens is 370 g/mol. The summed E-state index contributed by atoms with van der Waals surface area (Å²) in [6.45, 7) is 5.67. The highest BCUT2D eigenvalue weighted by Gasteiger charge is 2.33. The molecule has 0 aromatic rings. The van der Waals surface area contributed by atoms with Gasteiger partial charge in [0.1, 0.15) is 24.2 Å². The van der Waals surface area contributed by atoms with Crippen LogP contribution in [0.25, 0.3) is 0 Å². The fraction of sp³-hybridized carbons (Fsp3) is 0.529. The zero-order valence-corrected chi connectivity index (χ0v) is 16.4. The van der Waals surface area contributed by atoms with Gasteiger partial charge in [0, 0.05) is 19.2 Å². The Bertz CT molecular complexity index is 701. The highest BCUT2D eigenvalue weighted by molar-refractivity contribution is 6.15. The maximum absolute atomic E-state index is 12.2. The van der Waals surface area contributed by atoms with Crippen LogP contribution in [0.3, 0.4) is 0 Å². The van der Waals surface area contributed by atoms with Crippen LogP contribution in [-0.2, 0) is 28.8 Å². The first-order chi connectivity index (χ1) is 13.0. The number of imide groups is 1. The largest absolute Gasteiger partial charge is 0.357 e. The lowest BCUT2D eigenvalue weighted by atomic mass is 10.2. The second kappa shape index (κ2) is 9.62. The Balaban J connectivity index is 2.56. The van der Waals surface area contributed by atoms with Crippen molar-refractivity contribution in [1.29, 1.82) is 0 Å². The Kier molecular flexibility index (Phi) is 7.84. The third-order valence-electron chi connectivity index (χ3n) is 4.11. The van der Waals surface area contributed by atoms with E-state index in [0.717, 1.165) is 17.1 Å². The number of amides is 6. The summed E-state index contributed by atoms with van der Waals surface area (Å²) in [6, 6.07) is -3.86. The quantitative estimate of drug-likeness (QED) is 0.335. The van der Waals surface area contributed by atoms with Gasteiger partial charge < -0.3 is 21.3 Å². The average Bonchev–Trinajstić information content (AvgIpc) is 2.97. The molecule has 0 radical (unpaired) electrons.